The average molecular weight is 189 g/mol. The monoisotopic (exact) mass is 188 g/mol. The molecule has 0 heterocycles. The molecule has 1 rings (SSSR count). The first-order valence-electron chi connectivity index (χ1n) is 3.57. The second-order valence-electron chi connectivity index (χ2n) is 2.53. The normalized spacial score (nSPS) is 28.8. The van der Waals surface area contributed by atoms with Crippen molar-refractivity contribution in [3.05, 3.63) is 33.9 Å². The Balaban J connectivity index is 2.84. The molecule has 0 bridgehead atoms. The summed E-state index contributed by atoms with van der Waals surface area (Å²) in [5, 5.41) is 1.68. The zero-order valence-electron chi connectivity index (χ0n) is 6.40. The van der Waals surface area contributed by atoms with Crippen molar-refractivity contribution in [1.29, 1.82) is 0 Å². The van der Waals surface area contributed by atoms with Gasteiger partial charge < -0.3 is 0 Å². The maximum absolute atomic E-state index is 5.92. The lowest BCUT2D eigenvalue weighted by Gasteiger charge is -2.02. The zero-order valence-corrected chi connectivity index (χ0v) is 7.91. The lowest BCUT2D eigenvalue weighted by molar-refractivity contribution is 1.22. The van der Waals surface area contributed by atoms with Gasteiger partial charge >= 0.3 is 0 Å². The van der Waals surface area contributed by atoms with E-state index in [2.05, 4.69) is 6.08 Å². The summed E-state index contributed by atoms with van der Waals surface area (Å²) in [6.07, 6.45) is 7.65. The van der Waals surface area contributed by atoms with Gasteiger partial charge in [-0.15, -0.1) is 0 Å². The largest absolute Gasteiger partial charge is 0.0891 e. The van der Waals surface area contributed by atoms with Gasteiger partial charge in [0, 0.05) is 16.5 Å². The van der Waals surface area contributed by atoms with Gasteiger partial charge in [0.2, 0.25) is 0 Å². The van der Waals surface area contributed by atoms with Gasteiger partial charge in [0.25, 0.3) is 0 Å². The summed E-state index contributed by atoms with van der Waals surface area (Å²) in [6.45, 7) is 2.01. The van der Waals surface area contributed by atoms with Crippen LogP contribution >= 0.6 is 23.2 Å². The Kier molecular flexibility index (Phi) is 3.22. The first-order valence-corrected chi connectivity index (χ1v) is 4.33. The van der Waals surface area contributed by atoms with E-state index in [1.54, 1.807) is 0 Å². The number of rotatable bonds is 0. The van der Waals surface area contributed by atoms with Crippen molar-refractivity contribution in [2.24, 2.45) is 0 Å². The molecule has 0 saturated heterocycles. The Hall–Kier alpha value is -0.200. The molecule has 0 aliphatic heterocycles. The summed E-state index contributed by atoms with van der Waals surface area (Å²) in [6, 6.07) is 0. The van der Waals surface area contributed by atoms with Crippen LogP contribution in [-0.4, -0.2) is 0 Å². The van der Waals surface area contributed by atoms with E-state index in [0.29, 0.717) is 0 Å². The maximum Gasteiger partial charge on any atom is 0.0395 e. The molecule has 0 unspecified atom stereocenters. The van der Waals surface area contributed by atoms with Crippen LogP contribution in [0.1, 0.15) is 19.8 Å². The van der Waals surface area contributed by atoms with Crippen molar-refractivity contribution >= 4 is 23.2 Å². The van der Waals surface area contributed by atoms with Crippen LogP contribution < -0.4 is 0 Å². The van der Waals surface area contributed by atoms with Gasteiger partial charge in [-0.05, 0) is 18.9 Å². The summed E-state index contributed by atoms with van der Waals surface area (Å²) in [5.74, 6) is 0. The summed E-state index contributed by atoms with van der Waals surface area (Å²) < 4.78 is 0. The van der Waals surface area contributed by atoms with Gasteiger partial charge in [0.05, 0.1) is 0 Å². The summed E-state index contributed by atoms with van der Waals surface area (Å²) in [7, 11) is 0. The Bertz CT molecular complexity index is 234. The van der Waals surface area contributed by atoms with Gasteiger partial charge in [-0.25, -0.2) is 0 Å². The maximum atomic E-state index is 5.92. The molecule has 0 N–H and O–H groups in total. The molecule has 0 atom stereocenters. The molecule has 0 aromatic heterocycles. The third-order valence-corrected chi connectivity index (χ3v) is 2.38. The van der Waals surface area contributed by atoms with Gasteiger partial charge in [-0.3, -0.25) is 0 Å². The highest BCUT2D eigenvalue weighted by Gasteiger charge is 1.98. The molecule has 60 valence electrons. The standard InChI is InChI=1S/C9H10Cl2/c1-7-3-2-4-8(10)5-6-9(7)11/h3-4,6H,2,5H2,1H3/b7-3-,8-4+,9-6?. The predicted octanol–water partition coefficient (Wildman–Crippen LogP) is 3.97. The number of hydrogen-bond donors (Lipinski definition) is 0. The fraction of sp³-hybridized carbons (Fsp3) is 0.333. The molecular weight excluding hydrogens is 179 g/mol. The topological polar surface area (TPSA) is 0 Å². The average Bonchev–Trinajstić information content (AvgIpc) is 1.98. The lowest BCUT2D eigenvalue weighted by atomic mass is 10.1. The van der Waals surface area contributed by atoms with E-state index in [1.807, 2.05) is 19.1 Å². The molecule has 0 radical (unpaired) electrons. The van der Waals surface area contributed by atoms with E-state index in [0.717, 1.165) is 28.5 Å². The van der Waals surface area contributed by atoms with Crippen LogP contribution in [0.15, 0.2) is 33.9 Å². The highest BCUT2D eigenvalue weighted by atomic mass is 35.5. The molecule has 0 spiro atoms. The minimum absolute atomic E-state index is 0.756. The molecule has 2 heteroatoms. The molecule has 0 fully saturated rings. The van der Waals surface area contributed by atoms with Crippen molar-refractivity contribution in [1.82, 2.24) is 0 Å². The minimum Gasteiger partial charge on any atom is -0.0891 e. The van der Waals surface area contributed by atoms with Crippen LogP contribution in [0.25, 0.3) is 0 Å². The zero-order chi connectivity index (χ0) is 8.27. The highest BCUT2D eigenvalue weighted by molar-refractivity contribution is 6.32. The second-order valence-corrected chi connectivity index (χ2v) is 3.42. The smallest absolute Gasteiger partial charge is 0.0395 e. The molecule has 0 saturated carbocycles. The van der Waals surface area contributed by atoms with Crippen molar-refractivity contribution in [2.45, 2.75) is 19.8 Å². The molecule has 1 aliphatic carbocycles. The van der Waals surface area contributed by atoms with Gasteiger partial charge in [0.15, 0.2) is 0 Å². The third-order valence-electron chi connectivity index (χ3n) is 1.62. The summed E-state index contributed by atoms with van der Waals surface area (Å²) >= 11 is 11.8. The van der Waals surface area contributed by atoms with E-state index in [4.69, 9.17) is 23.2 Å². The van der Waals surface area contributed by atoms with E-state index < -0.39 is 0 Å². The fourth-order valence-electron chi connectivity index (χ4n) is 0.893. The molecule has 0 nitrogen and oxygen atoms in total. The van der Waals surface area contributed by atoms with Gasteiger partial charge in [0.1, 0.15) is 0 Å². The SMILES string of the molecule is C/C1=C/C/C=C(/Cl)CC=C1Cl. The molecular formula is C9H10Cl2. The number of allylic oxidation sites excluding steroid dienone is 6. The molecule has 1 aliphatic rings. The van der Waals surface area contributed by atoms with Crippen molar-refractivity contribution in [3.63, 3.8) is 0 Å². The van der Waals surface area contributed by atoms with Crippen LogP contribution in [0.3, 0.4) is 0 Å². The van der Waals surface area contributed by atoms with Crippen LogP contribution in [0.5, 0.6) is 0 Å². The Morgan fingerprint density at radius 3 is 2.64 bits per heavy atom. The van der Waals surface area contributed by atoms with Crippen LogP contribution in [0.4, 0.5) is 0 Å². The number of halogens is 2. The summed E-state index contributed by atoms with van der Waals surface area (Å²) in [5.41, 5.74) is 1.13. The lowest BCUT2D eigenvalue weighted by Crippen LogP contribution is -1.81. The fourth-order valence-corrected chi connectivity index (χ4v) is 1.21. The Morgan fingerprint density at radius 2 is 1.91 bits per heavy atom. The van der Waals surface area contributed by atoms with Crippen LogP contribution in [0, 0.1) is 0 Å². The molecule has 0 aromatic carbocycles. The molecule has 11 heavy (non-hydrogen) atoms. The molecule has 0 aromatic rings. The van der Waals surface area contributed by atoms with Gasteiger partial charge in [-0.1, -0.05) is 41.4 Å². The third kappa shape index (κ3) is 2.72. The predicted molar refractivity (Wildman–Crippen MR) is 50.9 cm³/mol. The quantitative estimate of drug-likeness (QED) is 0.540. The second kappa shape index (κ2) is 3.99. The first-order chi connectivity index (χ1) is 5.20. The first kappa shape index (κ1) is 8.89. The van der Waals surface area contributed by atoms with Crippen LogP contribution in [0.2, 0.25) is 0 Å². The highest BCUT2D eigenvalue weighted by Crippen LogP contribution is 2.21. The van der Waals surface area contributed by atoms with Crippen molar-refractivity contribution < 1.29 is 0 Å². The Morgan fingerprint density at radius 1 is 1.18 bits per heavy atom. The van der Waals surface area contributed by atoms with Crippen LogP contribution in [-0.2, 0) is 0 Å². The van der Waals surface area contributed by atoms with Crippen molar-refractivity contribution in [3.8, 4) is 0 Å². The summed E-state index contributed by atoms with van der Waals surface area (Å²) in [4.78, 5) is 0. The van der Waals surface area contributed by atoms with Gasteiger partial charge in [-0.2, -0.15) is 0 Å². The van der Waals surface area contributed by atoms with E-state index in [1.165, 1.54) is 0 Å². The Labute approximate surface area is 77.2 Å². The molecule has 0 amide bonds. The minimum atomic E-state index is 0.756. The van der Waals surface area contributed by atoms with E-state index >= 15 is 0 Å². The van der Waals surface area contributed by atoms with Crippen molar-refractivity contribution in [2.75, 3.05) is 0 Å². The number of hydrogen-bond acceptors (Lipinski definition) is 0. The van der Waals surface area contributed by atoms with E-state index in [9.17, 15) is 0 Å². The van der Waals surface area contributed by atoms with E-state index in [-0.39, 0.29) is 0 Å².